The summed E-state index contributed by atoms with van der Waals surface area (Å²) in [5.74, 6) is 0.455. The van der Waals surface area contributed by atoms with E-state index in [4.69, 9.17) is 14.6 Å². The molecule has 0 bridgehead atoms. The fourth-order valence-electron chi connectivity index (χ4n) is 1.08. The van der Waals surface area contributed by atoms with Gasteiger partial charge in [0, 0.05) is 11.5 Å². The summed E-state index contributed by atoms with van der Waals surface area (Å²) in [4.78, 5) is 0. The summed E-state index contributed by atoms with van der Waals surface area (Å²) in [6.07, 6.45) is 0. The summed E-state index contributed by atoms with van der Waals surface area (Å²) in [5.41, 5.74) is -0.364. The Morgan fingerprint density at radius 1 is 1.31 bits per heavy atom. The van der Waals surface area contributed by atoms with Gasteiger partial charge in [-0.25, -0.2) is 4.39 Å². The minimum absolute atomic E-state index is 0.00459. The second-order valence-electron chi connectivity index (χ2n) is 4.41. The highest BCUT2D eigenvalue weighted by atomic mass is 19.1. The van der Waals surface area contributed by atoms with E-state index in [9.17, 15) is 4.39 Å². The molecular formula is C12H17FO3. The largest absolute Gasteiger partial charge is 0.493 e. The Morgan fingerprint density at radius 2 is 2.00 bits per heavy atom. The molecule has 1 aromatic rings. The van der Waals surface area contributed by atoms with Crippen LogP contribution in [-0.4, -0.2) is 25.4 Å². The van der Waals surface area contributed by atoms with Gasteiger partial charge >= 0.3 is 0 Å². The Labute approximate surface area is 94.8 Å². The molecule has 0 fully saturated rings. The molecule has 0 spiro atoms. The number of benzene rings is 1. The van der Waals surface area contributed by atoms with Gasteiger partial charge in [-0.15, -0.1) is 0 Å². The number of ether oxygens (including phenoxy) is 2. The molecule has 0 amide bonds. The van der Waals surface area contributed by atoms with Crippen molar-refractivity contribution in [3.8, 4) is 11.5 Å². The Morgan fingerprint density at radius 3 is 2.56 bits per heavy atom. The molecule has 16 heavy (non-hydrogen) atoms. The molecule has 3 nitrogen and oxygen atoms in total. The molecule has 1 aromatic carbocycles. The minimum atomic E-state index is -0.377. The molecule has 0 saturated carbocycles. The van der Waals surface area contributed by atoms with Crippen LogP contribution < -0.4 is 9.47 Å². The van der Waals surface area contributed by atoms with Gasteiger partial charge in [0.25, 0.3) is 0 Å². The van der Waals surface area contributed by atoms with Crippen LogP contribution in [0.3, 0.4) is 0 Å². The molecular weight excluding hydrogens is 211 g/mol. The SMILES string of the molecule is COc1ccc(F)cc1OCC(C)(C)CO. The lowest BCUT2D eigenvalue weighted by Gasteiger charge is -2.22. The topological polar surface area (TPSA) is 38.7 Å². The Kier molecular flexibility index (Phi) is 4.12. The number of aliphatic hydroxyl groups is 1. The van der Waals surface area contributed by atoms with Crippen molar-refractivity contribution in [1.82, 2.24) is 0 Å². The van der Waals surface area contributed by atoms with Crippen molar-refractivity contribution >= 4 is 0 Å². The first-order valence-corrected chi connectivity index (χ1v) is 5.06. The zero-order valence-electron chi connectivity index (χ0n) is 9.79. The van der Waals surface area contributed by atoms with E-state index >= 15 is 0 Å². The second kappa shape index (κ2) is 5.16. The molecule has 90 valence electrons. The van der Waals surface area contributed by atoms with Gasteiger partial charge in [0.05, 0.1) is 20.3 Å². The van der Waals surface area contributed by atoms with E-state index in [0.29, 0.717) is 18.1 Å². The first-order valence-electron chi connectivity index (χ1n) is 5.06. The number of aliphatic hydroxyl groups excluding tert-OH is 1. The van der Waals surface area contributed by atoms with Crippen molar-refractivity contribution in [2.75, 3.05) is 20.3 Å². The highest BCUT2D eigenvalue weighted by molar-refractivity contribution is 5.39. The number of rotatable bonds is 5. The molecule has 1 N–H and O–H groups in total. The van der Waals surface area contributed by atoms with Crippen molar-refractivity contribution < 1.29 is 19.0 Å². The van der Waals surface area contributed by atoms with Gasteiger partial charge < -0.3 is 14.6 Å². The second-order valence-corrected chi connectivity index (χ2v) is 4.41. The van der Waals surface area contributed by atoms with Gasteiger partial charge in [0.2, 0.25) is 0 Å². The van der Waals surface area contributed by atoms with E-state index in [2.05, 4.69) is 0 Å². The predicted molar refractivity (Wildman–Crippen MR) is 59.3 cm³/mol. The van der Waals surface area contributed by atoms with Crippen LogP contribution in [0.25, 0.3) is 0 Å². The Hall–Kier alpha value is -1.29. The number of hydrogen-bond donors (Lipinski definition) is 1. The fourth-order valence-corrected chi connectivity index (χ4v) is 1.08. The fraction of sp³-hybridized carbons (Fsp3) is 0.500. The van der Waals surface area contributed by atoms with Crippen molar-refractivity contribution in [1.29, 1.82) is 0 Å². The van der Waals surface area contributed by atoms with Crippen LogP contribution in [0.2, 0.25) is 0 Å². The van der Waals surface area contributed by atoms with Crippen LogP contribution >= 0.6 is 0 Å². The van der Waals surface area contributed by atoms with Crippen LogP contribution in [-0.2, 0) is 0 Å². The van der Waals surface area contributed by atoms with E-state index in [1.165, 1.54) is 25.3 Å². The van der Waals surface area contributed by atoms with Gasteiger partial charge in [0.1, 0.15) is 5.82 Å². The summed E-state index contributed by atoms with van der Waals surface area (Å²) < 4.78 is 23.5. The summed E-state index contributed by atoms with van der Waals surface area (Å²) in [6, 6.07) is 4.09. The Balaban J connectivity index is 2.76. The number of methoxy groups -OCH3 is 1. The van der Waals surface area contributed by atoms with Gasteiger partial charge in [-0.05, 0) is 12.1 Å². The molecule has 0 heterocycles. The monoisotopic (exact) mass is 228 g/mol. The van der Waals surface area contributed by atoms with Crippen LogP contribution in [0.4, 0.5) is 4.39 Å². The van der Waals surface area contributed by atoms with Gasteiger partial charge in [-0.1, -0.05) is 13.8 Å². The third-order valence-corrected chi connectivity index (χ3v) is 2.17. The first kappa shape index (κ1) is 12.8. The normalized spacial score (nSPS) is 11.3. The van der Waals surface area contributed by atoms with Gasteiger partial charge in [-0.2, -0.15) is 0 Å². The first-order chi connectivity index (χ1) is 7.48. The standard InChI is InChI=1S/C12H17FO3/c1-12(2,7-14)8-16-11-6-9(13)4-5-10(11)15-3/h4-6,14H,7-8H2,1-3H3. The Bertz CT molecular complexity index is 350. The van der Waals surface area contributed by atoms with E-state index in [1.54, 1.807) is 0 Å². The highest BCUT2D eigenvalue weighted by Crippen LogP contribution is 2.29. The summed E-state index contributed by atoms with van der Waals surface area (Å²) in [7, 11) is 1.50. The third kappa shape index (κ3) is 3.38. The molecule has 1 rings (SSSR count). The lowest BCUT2D eigenvalue weighted by molar-refractivity contribution is 0.0957. The van der Waals surface area contributed by atoms with E-state index in [1.807, 2.05) is 13.8 Å². The van der Waals surface area contributed by atoms with E-state index in [0.717, 1.165) is 0 Å². The zero-order valence-corrected chi connectivity index (χ0v) is 9.79. The van der Waals surface area contributed by atoms with Crippen LogP contribution in [0.1, 0.15) is 13.8 Å². The molecule has 0 saturated heterocycles. The van der Waals surface area contributed by atoms with Gasteiger partial charge in [-0.3, -0.25) is 0 Å². The van der Waals surface area contributed by atoms with Crippen LogP contribution in [0.5, 0.6) is 11.5 Å². The summed E-state index contributed by atoms with van der Waals surface area (Å²) in [6.45, 7) is 4.02. The summed E-state index contributed by atoms with van der Waals surface area (Å²) in [5, 5.41) is 9.07. The number of halogens is 1. The van der Waals surface area contributed by atoms with Crippen molar-refractivity contribution in [3.63, 3.8) is 0 Å². The lowest BCUT2D eigenvalue weighted by atomic mass is 9.96. The predicted octanol–water partition coefficient (Wildman–Crippen LogP) is 2.23. The molecule has 4 heteroatoms. The molecule has 0 aliphatic heterocycles. The molecule has 0 atom stereocenters. The zero-order chi connectivity index (χ0) is 12.2. The quantitative estimate of drug-likeness (QED) is 0.840. The average Bonchev–Trinajstić information content (AvgIpc) is 2.27. The van der Waals surface area contributed by atoms with Crippen molar-refractivity contribution in [3.05, 3.63) is 24.0 Å². The van der Waals surface area contributed by atoms with Gasteiger partial charge in [0.15, 0.2) is 11.5 Å². The third-order valence-electron chi connectivity index (χ3n) is 2.17. The highest BCUT2D eigenvalue weighted by Gasteiger charge is 2.18. The maximum Gasteiger partial charge on any atom is 0.164 e. The van der Waals surface area contributed by atoms with Crippen molar-refractivity contribution in [2.24, 2.45) is 5.41 Å². The van der Waals surface area contributed by atoms with Crippen molar-refractivity contribution in [2.45, 2.75) is 13.8 Å². The molecule has 0 unspecified atom stereocenters. The maximum absolute atomic E-state index is 13.0. The molecule has 0 aliphatic rings. The smallest absolute Gasteiger partial charge is 0.164 e. The minimum Gasteiger partial charge on any atom is -0.493 e. The summed E-state index contributed by atoms with van der Waals surface area (Å²) >= 11 is 0. The molecule has 0 aromatic heterocycles. The number of hydrogen-bond acceptors (Lipinski definition) is 3. The van der Waals surface area contributed by atoms with Crippen LogP contribution in [0, 0.1) is 11.2 Å². The average molecular weight is 228 g/mol. The maximum atomic E-state index is 13.0. The van der Waals surface area contributed by atoms with Crippen LogP contribution in [0.15, 0.2) is 18.2 Å². The molecule has 0 aliphatic carbocycles. The van der Waals surface area contributed by atoms with E-state index < -0.39 is 0 Å². The van der Waals surface area contributed by atoms with E-state index in [-0.39, 0.29) is 17.8 Å². The lowest BCUT2D eigenvalue weighted by Crippen LogP contribution is -2.25. The molecule has 0 radical (unpaired) electrons.